The highest BCUT2D eigenvalue weighted by molar-refractivity contribution is 6.32. The fourth-order valence-electron chi connectivity index (χ4n) is 3.85. The largest absolute Gasteiger partial charge is 0.491 e. The summed E-state index contributed by atoms with van der Waals surface area (Å²) in [4.78, 5) is 6.73. The maximum Gasteiger partial charge on any atom is 0.145 e. The molecule has 3 aromatic rings. The summed E-state index contributed by atoms with van der Waals surface area (Å²) in [7, 11) is 0. The molecule has 1 saturated heterocycles. The van der Waals surface area contributed by atoms with Crippen molar-refractivity contribution in [1.82, 2.24) is 14.3 Å². The highest BCUT2D eigenvalue weighted by atomic mass is 35.5. The highest BCUT2D eigenvalue weighted by Crippen LogP contribution is 2.35. The van der Waals surface area contributed by atoms with Crippen molar-refractivity contribution in [2.45, 2.75) is 19.8 Å². The predicted octanol–water partition coefficient (Wildman–Crippen LogP) is 4.64. The van der Waals surface area contributed by atoms with Crippen molar-refractivity contribution < 1.29 is 4.74 Å². The van der Waals surface area contributed by atoms with Crippen LogP contribution in [0.25, 0.3) is 16.6 Å². The third-order valence-electron chi connectivity index (χ3n) is 5.45. The van der Waals surface area contributed by atoms with Gasteiger partial charge >= 0.3 is 0 Å². The van der Waals surface area contributed by atoms with Crippen molar-refractivity contribution in [2.24, 2.45) is 5.92 Å². The van der Waals surface area contributed by atoms with E-state index in [9.17, 15) is 0 Å². The Bertz CT molecular complexity index is 1010. The van der Waals surface area contributed by atoms with Crippen LogP contribution in [0.2, 0.25) is 5.15 Å². The molecule has 0 radical (unpaired) electrons. The zero-order valence-corrected chi connectivity index (χ0v) is 16.7. The molecule has 1 unspecified atom stereocenters. The standard InChI is InChI=1S/C22H23ClN4O/c1-2-26-9-3-4-17(13-26)14-28-21-10-19(18-7-5-16(11-24)6-8-18)22(23)27-15-25-12-20(21)27/h5-8,10,12,15,17H,2-4,9,13-14H2,1H3. The van der Waals surface area contributed by atoms with Gasteiger partial charge in [0.25, 0.3) is 0 Å². The quantitative estimate of drug-likeness (QED) is 0.591. The van der Waals surface area contributed by atoms with E-state index >= 15 is 0 Å². The lowest BCUT2D eigenvalue weighted by atomic mass is 9.99. The monoisotopic (exact) mass is 394 g/mol. The Morgan fingerprint density at radius 1 is 1.32 bits per heavy atom. The molecule has 6 heteroatoms. The second-order valence-corrected chi connectivity index (χ2v) is 7.62. The van der Waals surface area contributed by atoms with Crippen LogP contribution in [0, 0.1) is 17.2 Å². The maximum atomic E-state index is 9.03. The molecule has 1 fully saturated rings. The lowest BCUT2D eigenvalue weighted by Crippen LogP contribution is -2.37. The zero-order valence-electron chi connectivity index (χ0n) is 15.9. The summed E-state index contributed by atoms with van der Waals surface area (Å²) >= 11 is 6.65. The van der Waals surface area contributed by atoms with E-state index in [1.54, 1.807) is 24.7 Å². The zero-order chi connectivity index (χ0) is 19.5. The van der Waals surface area contributed by atoms with Crippen molar-refractivity contribution in [3.05, 3.63) is 53.6 Å². The molecule has 0 amide bonds. The molecule has 4 rings (SSSR count). The topological polar surface area (TPSA) is 53.6 Å². The molecule has 28 heavy (non-hydrogen) atoms. The third-order valence-corrected chi connectivity index (χ3v) is 5.84. The van der Waals surface area contributed by atoms with Gasteiger partial charge in [-0.25, -0.2) is 4.98 Å². The molecule has 1 aromatic carbocycles. The van der Waals surface area contributed by atoms with Gasteiger partial charge in [-0.05, 0) is 49.7 Å². The van der Waals surface area contributed by atoms with Crippen LogP contribution in [-0.2, 0) is 0 Å². The summed E-state index contributed by atoms with van der Waals surface area (Å²) in [6.45, 7) is 6.26. The summed E-state index contributed by atoms with van der Waals surface area (Å²) in [5, 5.41) is 9.61. The Morgan fingerprint density at radius 3 is 2.89 bits per heavy atom. The van der Waals surface area contributed by atoms with Crippen LogP contribution in [0.5, 0.6) is 5.75 Å². The summed E-state index contributed by atoms with van der Waals surface area (Å²) in [5.74, 6) is 1.32. The molecule has 0 bridgehead atoms. The van der Waals surface area contributed by atoms with Crippen molar-refractivity contribution in [3.63, 3.8) is 0 Å². The van der Waals surface area contributed by atoms with Crippen LogP contribution in [0.15, 0.2) is 42.9 Å². The fraction of sp³-hybridized carbons (Fsp3) is 0.364. The second-order valence-electron chi connectivity index (χ2n) is 7.26. The number of hydrogen-bond donors (Lipinski definition) is 0. The van der Waals surface area contributed by atoms with Gasteiger partial charge in [0.2, 0.25) is 0 Å². The van der Waals surface area contributed by atoms with Crippen LogP contribution in [-0.4, -0.2) is 40.5 Å². The summed E-state index contributed by atoms with van der Waals surface area (Å²) < 4.78 is 8.12. The second kappa shape index (κ2) is 8.22. The molecular formula is C22H23ClN4O. The van der Waals surface area contributed by atoms with Gasteiger partial charge in [0.1, 0.15) is 22.7 Å². The van der Waals surface area contributed by atoms with E-state index in [-0.39, 0.29) is 0 Å². The molecular weight excluding hydrogens is 372 g/mol. The van der Waals surface area contributed by atoms with Crippen molar-refractivity contribution >= 4 is 17.1 Å². The molecule has 1 aliphatic heterocycles. The van der Waals surface area contributed by atoms with Gasteiger partial charge in [-0.3, -0.25) is 4.40 Å². The van der Waals surface area contributed by atoms with E-state index in [0.717, 1.165) is 35.5 Å². The Labute approximate surface area is 170 Å². The number of fused-ring (bicyclic) bond motifs is 1. The van der Waals surface area contributed by atoms with E-state index < -0.39 is 0 Å². The number of aromatic nitrogens is 2. The lowest BCUT2D eigenvalue weighted by molar-refractivity contribution is 0.135. The Morgan fingerprint density at radius 2 is 2.14 bits per heavy atom. The number of hydrogen-bond acceptors (Lipinski definition) is 4. The number of piperidine rings is 1. The Balaban J connectivity index is 1.63. The molecule has 5 nitrogen and oxygen atoms in total. The van der Waals surface area contributed by atoms with Crippen LogP contribution in [0.3, 0.4) is 0 Å². The maximum absolute atomic E-state index is 9.03. The minimum atomic E-state index is 0.533. The van der Waals surface area contributed by atoms with Crippen molar-refractivity contribution in [3.8, 4) is 22.9 Å². The van der Waals surface area contributed by atoms with E-state index in [0.29, 0.717) is 23.2 Å². The molecule has 2 aromatic heterocycles. The first-order valence-electron chi connectivity index (χ1n) is 9.70. The van der Waals surface area contributed by atoms with Crippen LogP contribution in [0.1, 0.15) is 25.3 Å². The van der Waals surface area contributed by atoms with E-state index in [2.05, 4.69) is 22.9 Å². The number of imidazole rings is 1. The van der Waals surface area contributed by atoms with Gasteiger partial charge < -0.3 is 9.64 Å². The minimum Gasteiger partial charge on any atom is -0.491 e. The van der Waals surface area contributed by atoms with Crippen molar-refractivity contribution in [2.75, 3.05) is 26.2 Å². The van der Waals surface area contributed by atoms with Gasteiger partial charge in [0.05, 0.1) is 24.4 Å². The first-order valence-corrected chi connectivity index (χ1v) is 10.1. The average Bonchev–Trinajstić information content (AvgIpc) is 3.24. The Hall–Kier alpha value is -2.55. The van der Waals surface area contributed by atoms with Gasteiger partial charge in [-0.2, -0.15) is 5.26 Å². The normalized spacial score (nSPS) is 17.5. The first kappa shape index (κ1) is 18.8. The molecule has 0 saturated carbocycles. The molecule has 1 aliphatic rings. The fourth-order valence-corrected chi connectivity index (χ4v) is 4.15. The smallest absolute Gasteiger partial charge is 0.145 e. The molecule has 1 atom stereocenters. The number of rotatable bonds is 5. The molecule has 144 valence electrons. The van der Waals surface area contributed by atoms with Gasteiger partial charge in [0, 0.05) is 18.0 Å². The number of pyridine rings is 1. The summed E-state index contributed by atoms with van der Waals surface area (Å²) in [6.07, 6.45) is 5.91. The number of nitriles is 1. The Kier molecular flexibility index (Phi) is 5.52. The van der Waals surface area contributed by atoms with E-state index in [4.69, 9.17) is 21.6 Å². The number of benzene rings is 1. The molecule has 0 N–H and O–H groups in total. The average molecular weight is 395 g/mol. The van der Waals surface area contributed by atoms with Gasteiger partial charge in [0.15, 0.2) is 0 Å². The van der Waals surface area contributed by atoms with Crippen LogP contribution >= 0.6 is 11.6 Å². The molecule has 3 heterocycles. The minimum absolute atomic E-state index is 0.533. The molecule has 0 aliphatic carbocycles. The molecule has 0 spiro atoms. The van der Waals surface area contributed by atoms with Gasteiger partial charge in [-0.15, -0.1) is 0 Å². The predicted molar refractivity (Wildman–Crippen MR) is 111 cm³/mol. The number of halogens is 1. The van der Waals surface area contributed by atoms with Crippen LogP contribution < -0.4 is 4.74 Å². The number of ether oxygens (including phenoxy) is 1. The highest BCUT2D eigenvalue weighted by Gasteiger charge is 2.20. The lowest BCUT2D eigenvalue weighted by Gasteiger charge is -2.31. The summed E-state index contributed by atoms with van der Waals surface area (Å²) in [5.41, 5.74) is 3.30. The van der Waals surface area contributed by atoms with Gasteiger partial charge in [-0.1, -0.05) is 30.7 Å². The SMILES string of the molecule is CCN1CCCC(COc2cc(-c3ccc(C#N)cc3)c(Cl)n3cncc23)C1. The van der Waals surface area contributed by atoms with E-state index in [1.807, 2.05) is 22.6 Å². The summed E-state index contributed by atoms with van der Waals surface area (Å²) in [6, 6.07) is 11.5. The van der Waals surface area contributed by atoms with E-state index in [1.165, 1.54) is 19.4 Å². The van der Waals surface area contributed by atoms with Crippen molar-refractivity contribution in [1.29, 1.82) is 5.26 Å². The first-order chi connectivity index (χ1) is 13.7. The number of nitrogens with zero attached hydrogens (tertiary/aromatic N) is 4. The number of likely N-dealkylation sites (tertiary alicyclic amines) is 1. The third kappa shape index (κ3) is 3.71. The van der Waals surface area contributed by atoms with Crippen LogP contribution in [0.4, 0.5) is 0 Å².